The fraction of sp³-hybridized carbons (Fsp3) is 0.130. The van der Waals surface area contributed by atoms with E-state index >= 15 is 0 Å². The van der Waals surface area contributed by atoms with Gasteiger partial charge in [0.1, 0.15) is 5.75 Å². The summed E-state index contributed by atoms with van der Waals surface area (Å²) in [6.07, 6.45) is 3.30. The molecule has 0 radical (unpaired) electrons. The number of nitrogens with one attached hydrogen (secondary N) is 1. The van der Waals surface area contributed by atoms with E-state index in [9.17, 15) is 4.79 Å². The number of aromatic amines is 1. The van der Waals surface area contributed by atoms with Gasteiger partial charge in [-0.2, -0.15) is 0 Å². The molecule has 0 atom stereocenters. The molecule has 4 aromatic rings. The SMILES string of the molecule is COc1c(C)cc(-c2cc(Cl)c[nH]c2=O)c2ncc(-c3ccc(C)cc3)cc12. The Balaban J connectivity index is 2.02. The van der Waals surface area contributed by atoms with Crippen LogP contribution in [0.1, 0.15) is 11.1 Å². The Morgan fingerprint density at radius 3 is 2.46 bits per heavy atom. The number of nitrogens with zero attached hydrogens (tertiary/aromatic N) is 1. The molecule has 0 fully saturated rings. The second-order valence-corrected chi connectivity index (χ2v) is 7.26. The Morgan fingerprint density at radius 2 is 1.75 bits per heavy atom. The Labute approximate surface area is 167 Å². The molecular weight excluding hydrogens is 372 g/mol. The topological polar surface area (TPSA) is 55.0 Å². The summed E-state index contributed by atoms with van der Waals surface area (Å²) in [6, 6.07) is 13.9. The van der Waals surface area contributed by atoms with Gasteiger partial charge in [0.15, 0.2) is 0 Å². The Hall–Kier alpha value is -3.11. The third-order valence-corrected chi connectivity index (χ3v) is 5.07. The summed E-state index contributed by atoms with van der Waals surface area (Å²) < 4.78 is 5.66. The molecule has 0 unspecified atom stereocenters. The minimum absolute atomic E-state index is 0.209. The number of pyridine rings is 2. The average molecular weight is 391 g/mol. The molecule has 0 amide bonds. The number of aromatic nitrogens is 2. The molecule has 0 saturated carbocycles. The minimum Gasteiger partial charge on any atom is -0.496 e. The van der Waals surface area contributed by atoms with Crippen molar-refractivity contribution in [2.24, 2.45) is 0 Å². The molecule has 5 heteroatoms. The Bertz CT molecular complexity index is 1240. The number of aryl methyl sites for hydroxylation is 2. The molecule has 0 aliphatic carbocycles. The lowest BCUT2D eigenvalue weighted by Crippen LogP contribution is -2.08. The van der Waals surface area contributed by atoms with Crippen LogP contribution in [-0.4, -0.2) is 17.1 Å². The zero-order valence-electron chi connectivity index (χ0n) is 15.8. The lowest BCUT2D eigenvalue weighted by Gasteiger charge is -2.14. The molecule has 0 bridgehead atoms. The van der Waals surface area contributed by atoms with Gasteiger partial charge in [-0.05, 0) is 43.2 Å². The quantitative estimate of drug-likeness (QED) is 0.500. The third kappa shape index (κ3) is 3.16. The van der Waals surface area contributed by atoms with Gasteiger partial charge in [-0.3, -0.25) is 9.78 Å². The Morgan fingerprint density at radius 1 is 1.00 bits per heavy atom. The molecular formula is C23H19ClN2O2. The lowest BCUT2D eigenvalue weighted by molar-refractivity contribution is 0.417. The van der Waals surface area contributed by atoms with Gasteiger partial charge in [0.25, 0.3) is 5.56 Å². The number of rotatable bonds is 3. The largest absolute Gasteiger partial charge is 0.496 e. The van der Waals surface area contributed by atoms with Crippen molar-refractivity contribution in [2.75, 3.05) is 7.11 Å². The summed E-state index contributed by atoms with van der Waals surface area (Å²) in [4.78, 5) is 19.8. The molecule has 2 aromatic carbocycles. The number of methoxy groups -OCH3 is 1. The van der Waals surface area contributed by atoms with Gasteiger partial charge in [0, 0.05) is 28.9 Å². The first kappa shape index (κ1) is 18.3. The lowest BCUT2D eigenvalue weighted by atomic mass is 9.97. The number of ether oxygens (including phenoxy) is 1. The highest BCUT2D eigenvalue weighted by molar-refractivity contribution is 6.30. The van der Waals surface area contributed by atoms with Crippen molar-refractivity contribution >= 4 is 22.5 Å². The monoisotopic (exact) mass is 390 g/mol. The van der Waals surface area contributed by atoms with Crippen LogP contribution in [0.4, 0.5) is 0 Å². The summed E-state index contributed by atoms with van der Waals surface area (Å²) in [5, 5.41) is 1.32. The molecule has 140 valence electrons. The van der Waals surface area contributed by atoms with E-state index < -0.39 is 0 Å². The molecule has 4 nitrogen and oxygen atoms in total. The average Bonchev–Trinajstić information content (AvgIpc) is 2.69. The summed E-state index contributed by atoms with van der Waals surface area (Å²) in [5.41, 5.74) is 5.89. The molecule has 2 aromatic heterocycles. The van der Waals surface area contributed by atoms with Crippen molar-refractivity contribution in [1.29, 1.82) is 0 Å². The van der Waals surface area contributed by atoms with Crippen molar-refractivity contribution in [2.45, 2.75) is 13.8 Å². The maximum absolute atomic E-state index is 12.4. The zero-order chi connectivity index (χ0) is 19.8. The van der Waals surface area contributed by atoms with E-state index in [2.05, 4.69) is 42.2 Å². The summed E-state index contributed by atoms with van der Waals surface area (Å²) in [6.45, 7) is 4.02. The summed E-state index contributed by atoms with van der Waals surface area (Å²) in [7, 11) is 1.65. The summed E-state index contributed by atoms with van der Waals surface area (Å²) >= 11 is 6.12. The molecule has 0 aliphatic heterocycles. The van der Waals surface area contributed by atoms with Crippen molar-refractivity contribution < 1.29 is 4.74 Å². The minimum atomic E-state index is -0.209. The smallest absolute Gasteiger partial charge is 0.255 e. The molecule has 4 rings (SSSR count). The standard InChI is InChI=1S/C23H19ClN2O2/c1-13-4-6-15(7-5-13)16-9-20-21(25-11-16)18(8-14(2)22(20)28-3)19-10-17(24)12-26-23(19)27/h4-12H,1-3H3,(H,26,27). The fourth-order valence-corrected chi connectivity index (χ4v) is 3.62. The molecule has 2 heterocycles. The maximum Gasteiger partial charge on any atom is 0.255 e. The first-order chi connectivity index (χ1) is 13.5. The normalized spacial score (nSPS) is 11.0. The van der Waals surface area contributed by atoms with Crippen LogP contribution in [0, 0.1) is 13.8 Å². The number of H-pyrrole nitrogens is 1. The number of hydrogen-bond donors (Lipinski definition) is 1. The predicted molar refractivity (Wildman–Crippen MR) is 114 cm³/mol. The van der Waals surface area contributed by atoms with Gasteiger partial charge in [0.05, 0.1) is 23.2 Å². The maximum atomic E-state index is 12.4. The van der Waals surface area contributed by atoms with E-state index in [0.717, 1.165) is 33.4 Å². The molecule has 1 N–H and O–H groups in total. The van der Waals surface area contributed by atoms with Crippen LogP contribution in [0.25, 0.3) is 33.2 Å². The van der Waals surface area contributed by atoms with E-state index in [-0.39, 0.29) is 5.56 Å². The van der Waals surface area contributed by atoms with E-state index in [0.29, 0.717) is 16.1 Å². The molecule has 0 aliphatic rings. The van der Waals surface area contributed by atoms with Gasteiger partial charge in [-0.1, -0.05) is 41.4 Å². The van der Waals surface area contributed by atoms with Crippen LogP contribution in [0.2, 0.25) is 5.02 Å². The van der Waals surface area contributed by atoms with Crippen LogP contribution >= 0.6 is 11.6 Å². The second kappa shape index (κ2) is 7.13. The molecule has 0 saturated heterocycles. The highest BCUT2D eigenvalue weighted by Crippen LogP contribution is 2.37. The first-order valence-corrected chi connectivity index (χ1v) is 9.28. The predicted octanol–water partition coefficient (Wildman–Crippen LogP) is 5.54. The van der Waals surface area contributed by atoms with Crippen molar-refractivity contribution in [3.8, 4) is 28.0 Å². The van der Waals surface area contributed by atoms with Crippen molar-refractivity contribution in [3.63, 3.8) is 0 Å². The zero-order valence-corrected chi connectivity index (χ0v) is 16.6. The third-order valence-electron chi connectivity index (χ3n) is 4.85. The highest BCUT2D eigenvalue weighted by atomic mass is 35.5. The molecule has 28 heavy (non-hydrogen) atoms. The van der Waals surface area contributed by atoms with Gasteiger partial charge >= 0.3 is 0 Å². The second-order valence-electron chi connectivity index (χ2n) is 6.82. The van der Waals surface area contributed by atoms with Crippen LogP contribution in [-0.2, 0) is 0 Å². The van der Waals surface area contributed by atoms with Gasteiger partial charge in [-0.15, -0.1) is 0 Å². The highest BCUT2D eigenvalue weighted by Gasteiger charge is 2.16. The van der Waals surface area contributed by atoms with E-state index in [1.54, 1.807) is 13.2 Å². The first-order valence-electron chi connectivity index (χ1n) is 8.91. The fourth-order valence-electron chi connectivity index (χ4n) is 3.45. The number of fused-ring (bicyclic) bond motifs is 1. The summed E-state index contributed by atoms with van der Waals surface area (Å²) in [5.74, 6) is 0.749. The number of benzene rings is 2. The van der Waals surface area contributed by atoms with E-state index in [1.807, 2.05) is 19.2 Å². The van der Waals surface area contributed by atoms with Gasteiger partial charge in [0.2, 0.25) is 0 Å². The van der Waals surface area contributed by atoms with Crippen LogP contribution in [0.15, 0.2) is 59.7 Å². The molecule has 0 spiro atoms. The van der Waals surface area contributed by atoms with Crippen molar-refractivity contribution in [3.05, 3.63) is 81.4 Å². The van der Waals surface area contributed by atoms with E-state index in [1.165, 1.54) is 11.8 Å². The van der Waals surface area contributed by atoms with Crippen LogP contribution < -0.4 is 10.3 Å². The van der Waals surface area contributed by atoms with Gasteiger partial charge < -0.3 is 9.72 Å². The Kier molecular flexibility index (Phi) is 4.65. The number of hydrogen-bond acceptors (Lipinski definition) is 3. The van der Waals surface area contributed by atoms with E-state index in [4.69, 9.17) is 21.3 Å². The van der Waals surface area contributed by atoms with Gasteiger partial charge in [-0.25, -0.2) is 0 Å². The van der Waals surface area contributed by atoms with Crippen LogP contribution in [0.5, 0.6) is 5.75 Å². The van der Waals surface area contributed by atoms with Crippen molar-refractivity contribution in [1.82, 2.24) is 9.97 Å². The van der Waals surface area contributed by atoms with Crippen LogP contribution in [0.3, 0.4) is 0 Å². The number of halogens is 1.